The van der Waals surface area contributed by atoms with E-state index < -0.39 is 0 Å². The molecule has 0 amide bonds. The second kappa shape index (κ2) is 8.34. The van der Waals surface area contributed by atoms with Crippen LogP contribution in [0.1, 0.15) is 44.7 Å². The van der Waals surface area contributed by atoms with E-state index in [0.717, 1.165) is 38.6 Å². The van der Waals surface area contributed by atoms with Crippen LogP contribution in [0.15, 0.2) is 29.3 Å². The molecule has 0 saturated carbocycles. The van der Waals surface area contributed by atoms with Crippen LogP contribution in [0.5, 0.6) is 0 Å². The molecule has 1 aromatic carbocycles. The van der Waals surface area contributed by atoms with E-state index in [9.17, 15) is 0 Å². The quantitative estimate of drug-likeness (QED) is 0.482. The molecule has 1 aromatic rings. The van der Waals surface area contributed by atoms with Crippen molar-refractivity contribution < 1.29 is 0 Å². The molecule has 0 radical (unpaired) electrons. The third-order valence-electron chi connectivity index (χ3n) is 4.72. The van der Waals surface area contributed by atoms with Crippen molar-refractivity contribution in [2.45, 2.75) is 52.1 Å². The first kappa shape index (κ1) is 17.8. The molecule has 0 saturated heterocycles. The van der Waals surface area contributed by atoms with E-state index in [1.165, 1.54) is 24.0 Å². The predicted molar refractivity (Wildman–Crippen MR) is 98.9 cm³/mol. The number of nitrogens with one attached hydrogen (secondary N) is 2. The first-order valence-electron chi connectivity index (χ1n) is 8.83. The van der Waals surface area contributed by atoms with E-state index in [2.05, 4.69) is 65.6 Å². The Bertz CT molecular complexity index is 522. The average molecular weight is 316 g/mol. The van der Waals surface area contributed by atoms with Crippen LogP contribution in [-0.4, -0.2) is 43.1 Å². The normalized spacial score (nSPS) is 16.1. The lowest BCUT2D eigenvalue weighted by atomic mass is 9.94. The van der Waals surface area contributed by atoms with E-state index in [-0.39, 0.29) is 5.54 Å². The number of guanidine groups is 1. The van der Waals surface area contributed by atoms with Crippen molar-refractivity contribution >= 4 is 5.96 Å². The van der Waals surface area contributed by atoms with Crippen molar-refractivity contribution in [2.24, 2.45) is 4.99 Å². The molecule has 4 nitrogen and oxygen atoms in total. The Balaban J connectivity index is 1.89. The minimum Gasteiger partial charge on any atom is -0.356 e. The number of benzene rings is 1. The summed E-state index contributed by atoms with van der Waals surface area (Å²) < 4.78 is 0. The van der Waals surface area contributed by atoms with E-state index >= 15 is 0 Å². The summed E-state index contributed by atoms with van der Waals surface area (Å²) in [6, 6.07) is 8.81. The summed E-state index contributed by atoms with van der Waals surface area (Å²) >= 11 is 0. The number of nitrogens with zero attached hydrogens (tertiary/aromatic N) is 2. The molecule has 0 aliphatic carbocycles. The molecule has 0 aromatic heterocycles. The van der Waals surface area contributed by atoms with Gasteiger partial charge in [0.05, 0.1) is 0 Å². The molecule has 0 bridgehead atoms. The highest BCUT2D eigenvalue weighted by Crippen LogP contribution is 2.24. The number of hydrogen-bond donors (Lipinski definition) is 2. The lowest BCUT2D eigenvalue weighted by molar-refractivity contribution is 0.107. The van der Waals surface area contributed by atoms with E-state index in [1.807, 2.05) is 7.05 Å². The van der Waals surface area contributed by atoms with Gasteiger partial charge in [-0.3, -0.25) is 9.89 Å². The minimum absolute atomic E-state index is 0.0932. The minimum atomic E-state index is 0.0932. The molecular weight excluding hydrogens is 284 g/mol. The largest absolute Gasteiger partial charge is 0.356 e. The van der Waals surface area contributed by atoms with E-state index in [1.54, 1.807) is 0 Å². The van der Waals surface area contributed by atoms with Gasteiger partial charge in [0, 0.05) is 38.8 Å². The van der Waals surface area contributed by atoms with Gasteiger partial charge in [-0.15, -0.1) is 0 Å². The van der Waals surface area contributed by atoms with Crippen LogP contribution in [0.4, 0.5) is 0 Å². The molecule has 4 heteroatoms. The zero-order valence-corrected chi connectivity index (χ0v) is 15.2. The number of fused-ring (bicyclic) bond motifs is 1. The van der Waals surface area contributed by atoms with Gasteiger partial charge < -0.3 is 10.6 Å². The standard InChI is InChI=1S/C19H32N4/c1-5-6-12-21-18(20-4)22-15-19(2,3)23-13-11-16-9-7-8-10-17(16)14-23/h7-10H,5-6,11-15H2,1-4H3,(H2,20,21,22). The van der Waals surface area contributed by atoms with Crippen LogP contribution in [0.25, 0.3) is 0 Å². The van der Waals surface area contributed by atoms with Crippen LogP contribution in [0.3, 0.4) is 0 Å². The second-order valence-corrected chi connectivity index (χ2v) is 6.96. The molecule has 1 aliphatic rings. The summed E-state index contributed by atoms with van der Waals surface area (Å²) in [5.41, 5.74) is 3.07. The highest BCUT2D eigenvalue weighted by molar-refractivity contribution is 5.79. The highest BCUT2D eigenvalue weighted by atomic mass is 15.2. The predicted octanol–water partition coefficient (Wildman–Crippen LogP) is 2.79. The summed E-state index contributed by atoms with van der Waals surface area (Å²) in [5.74, 6) is 0.906. The van der Waals surface area contributed by atoms with Gasteiger partial charge in [0.15, 0.2) is 5.96 Å². The molecule has 0 fully saturated rings. The van der Waals surface area contributed by atoms with Gasteiger partial charge in [0.2, 0.25) is 0 Å². The molecule has 1 heterocycles. The summed E-state index contributed by atoms with van der Waals surface area (Å²) in [7, 11) is 1.84. The van der Waals surface area contributed by atoms with Gasteiger partial charge in [-0.05, 0) is 37.8 Å². The zero-order valence-electron chi connectivity index (χ0n) is 15.2. The molecule has 0 spiro atoms. The van der Waals surface area contributed by atoms with Gasteiger partial charge >= 0.3 is 0 Å². The third kappa shape index (κ3) is 4.96. The average Bonchev–Trinajstić information content (AvgIpc) is 2.57. The van der Waals surface area contributed by atoms with E-state index in [0.29, 0.717) is 0 Å². The Labute approximate surface area is 141 Å². The molecule has 2 N–H and O–H groups in total. The molecule has 0 atom stereocenters. The maximum atomic E-state index is 4.32. The van der Waals surface area contributed by atoms with Crippen LogP contribution in [-0.2, 0) is 13.0 Å². The van der Waals surface area contributed by atoms with Crippen molar-refractivity contribution in [1.29, 1.82) is 0 Å². The fraction of sp³-hybridized carbons (Fsp3) is 0.632. The maximum Gasteiger partial charge on any atom is 0.191 e. The third-order valence-corrected chi connectivity index (χ3v) is 4.72. The van der Waals surface area contributed by atoms with Crippen molar-refractivity contribution in [1.82, 2.24) is 15.5 Å². The molecule has 128 valence electrons. The molecular formula is C19H32N4. The maximum absolute atomic E-state index is 4.32. The summed E-state index contributed by atoms with van der Waals surface area (Å²) in [5, 5.41) is 6.87. The first-order valence-corrected chi connectivity index (χ1v) is 8.83. The monoisotopic (exact) mass is 316 g/mol. The Kier molecular flexibility index (Phi) is 6.46. The number of hydrogen-bond acceptors (Lipinski definition) is 2. The SMILES string of the molecule is CCCCNC(=NC)NCC(C)(C)N1CCc2ccccc2C1. The van der Waals surface area contributed by atoms with Crippen molar-refractivity contribution in [3.8, 4) is 0 Å². The van der Waals surface area contributed by atoms with Gasteiger partial charge in [-0.2, -0.15) is 0 Å². The summed E-state index contributed by atoms with van der Waals surface area (Å²) in [6.07, 6.45) is 3.51. The van der Waals surface area contributed by atoms with Crippen molar-refractivity contribution in [3.63, 3.8) is 0 Å². The van der Waals surface area contributed by atoms with Crippen molar-refractivity contribution in [2.75, 3.05) is 26.7 Å². The fourth-order valence-electron chi connectivity index (χ4n) is 3.03. The topological polar surface area (TPSA) is 39.7 Å². The van der Waals surface area contributed by atoms with Crippen LogP contribution in [0.2, 0.25) is 0 Å². The Morgan fingerprint density at radius 2 is 1.96 bits per heavy atom. The lowest BCUT2D eigenvalue weighted by Gasteiger charge is -2.42. The number of unbranched alkanes of at least 4 members (excludes halogenated alkanes) is 1. The zero-order chi connectivity index (χ0) is 16.7. The molecule has 2 rings (SSSR count). The van der Waals surface area contributed by atoms with Gasteiger partial charge in [-0.25, -0.2) is 0 Å². The first-order chi connectivity index (χ1) is 11.1. The Morgan fingerprint density at radius 1 is 1.22 bits per heavy atom. The Morgan fingerprint density at radius 3 is 2.65 bits per heavy atom. The molecule has 1 aliphatic heterocycles. The smallest absolute Gasteiger partial charge is 0.191 e. The Hall–Kier alpha value is -1.55. The number of rotatable bonds is 6. The van der Waals surface area contributed by atoms with Crippen LogP contribution >= 0.6 is 0 Å². The fourth-order valence-corrected chi connectivity index (χ4v) is 3.03. The van der Waals surface area contributed by atoms with Gasteiger partial charge in [0.1, 0.15) is 0 Å². The summed E-state index contributed by atoms with van der Waals surface area (Å²) in [6.45, 7) is 10.9. The van der Waals surface area contributed by atoms with Crippen LogP contribution in [0, 0.1) is 0 Å². The molecule has 0 unspecified atom stereocenters. The van der Waals surface area contributed by atoms with Crippen molar-refractivity contribution in [3.05, 3.63) is 35.4 Å². The molecule has 23 heavy (non-hydrogen) atoms. The summed E-state index contributed by atoms with van der Waals surface area (Å²) in [4.78, 5) is 6.89. The van der Waals surface area contributed by atoms with Crippen LogP contribution < -0.4 is 10.6 Å². The highest BCUT2D eigenvalue weighted by Gasteiger charge is 2.29. The van der Waals surface area contributed by atoms with E-state index in [4.69, 9.17) is 0 Å². The van der Waals surface area contributed by atoms with Gasteiger partial charge in [0.25, 0.3) is 0 Å². The lowest BCUT2D eigenvalue weighted by Crippen LogP contribution is -2.54. The van der Waals surface area contributed by atoms with Gasteiger partial charge in [-0.1, -0.05) is 37.6 Å². The number of aliphatic imine (C=N–C) groups is 1. The second-order valence-electron chi connectivity index (χ2n) is 6.96.